The number of hydrogen-bond acceptors (Lipinski definition) is 3. The average molecular weight is 365 g/mol. The van der Waals surface area contributed by atoms with Crippen molar-refractivity contribution in [2.24, 2.45) is 5.73 Å². The van der Waals surface area contributed by atoms with Crippen LogP contribution in [-0.2, 0) is 0 Å². The summed E-state index contributed by atoms with van der Waals surface area (Å²) >= 11 is 0. The van der Waals surface area contributed by atoms with Gasteiger partial charge in [0.15, 0.2) is 0 Å². The molecule has 3 rings (SSSR count). The third-order valence-corrected chi connectivity index (χ3v) is 4.83. The Balaban J connectivity index is 1.55. The molecule has 6 heteroatoms. The van der Waals surface area contributed by atoms with Gasteiger partial charge in [-0.15, -0.1) is 0 Å². The zero-order valence-electron chi connectivity index (χ0n) is 15.3. The summed E-state index contributed by atoms with van der Waals surface area (Å²) in [6.07, 6.45) is 1.39. The minimum Gasteiger partial charge on any atom is -0.366 e. The first-order valence-corrected chi connectivity index (χ1v) is 9.01. The highest BCUT2D eigenvalue weighted by Crippen LogP contribution is 2.15. The van der Waals surface area contributed by atoms with Crippen LogP contribution in [0.5, 0.6) is 0 Å². The predicted octanol–water partition coefficient (Wildman–Crippen LogP) is 2.13. The van der Waals surface area contributed by atoms with Gasteiger partial charge >= 0.3 is 0 Å². The van der Waals surface area contributed by atoms with Crippen molar-refractivity contribution in [1.82, 2.24) is 10.2 Å². The molecule has 1 aliphatic rings. The molecule has 27 heavy (non-hydrogen) atoms. The zero-order valence-corrected chi connectivity index (χ0v) is 15.3. The van der Waals surface area contributed by atoms with Crippen molar-refractivity contribution >= 4 is 17.7 Å². The van der Waals surface area contributed by atoms with E-state index in [4.69, 9.17) is 5.73 Å². The van der Waals surface area contributed by atoms with Crippen molar-refractivity contribution in [3.05, 3.63) is 70.8 Å². The molecule has 0 saturated carbocycles. The highest BCUT2D eigenvalue weighted by Gasteiger charge is 2.25. The second kappa shape index (κ2) is 8.03. The van der Waals surface area contributed by atoms with E-state index in [9.17, 15) is 14.4 Å². The number of carbonyl (C=O) groups is 3. The van der Waals surface area contributed by atoms with Crippen molar-refractivity contribution in [2.75, 3.05) is 13.1 Å². The lowest BCUT2D eigenvalue weighted by molar-refractivity contribution is 0.0698. The van der Waals surface area contributed by atoms with E-state index >= 15 is 0 Å². The highest BCUT2D eigenvalue weighted by molar-refractivity contribution is 5.99. The summed E-state index contributed by atoms with van der Waals surface area (Å²) in [7, 11) is 0. The van der Waals surface area contributed by atoms with Crippen LogP contribution in [0.1, 0.15) is 49.5 Å². The molecule has 0 spiro atoms. The number of primary amides is 1. The summed E-state index contributed by atoms with van der Waals surface area (Å²) in [5.41, 5.74) is 7.78. The maximum Gasteiger partial charge on any atom is 0.253 e. The molecular weight excluding hydrogens is 342 g/mol. The molecule has 0 aromatic heterocycles. The van der Waals surface area contributed by atoms with Crippen LogP contribution in [0.4, 0.5) is 0 Å². The van der Waals surface area contributed by atoms with Gasteiger partial charge in [-0.05, 0) is 50.1 Å². The van der Waals surface area contributed by atoms with Gasteiger partial charge in [0.2, 0.25) is 5.91 Å². The van der Waals surface area contributed by atoms with Crippen LogP contribution >= 0.6 is 0 Å². The van der Waals surface area contributed by atoms with Crippen molar-refractivity contribution in [3.8, 4) is 0 Å². The summed E-state index contributed by atoms with van der Waals surface area (Å²) in [5.74, 6) is -0.775. The minimum atomic E-state index is -0.562. The van der Waals surface area contributed by atoms with Crippen LogP contribution in [0.3, 0.4) is 0 Å². The van der Waals surface area contributed by atoms with E-state index in [1.807, 2.05) is 36.1 Å². The summed E-state index contributed by atoms with van der Waals surface area (Å²) < 4.78 is 0. The Bertz CT molecular complexity index is 853. The molecule has 2 aromatic carbocycles. The van der Waals surface area contributed by atoms with Crippen LogP contribution in [0, 0.1) is 6.92 Å². The van der Waals surface area contributed by atoms with E-state index in [0.717, 1.165) is 5.56 Å². The van der Waals surface area contributed by atoms with Gasteiger partial charge in [0.05, 0.1) is 0 Å². The van der Waals surface area contributed by atoms with E-state index in [1.165, 1.54) is 6.07 Å². The monoisotopic (exact) mass is 365 g/mol. The normalized spacial score (nSPS) is 14.6. The maximum atomic E-state index is 12.6. The molecule has 0 bridgehead atoms. The fourth-order valence-corrected chi connectivity index (χ4v) is 3.19. The van der Waals surface area contributed by atoms with Crippen LogP contribution in [0.25, 0.3) is 0 Å². The fourth-order valence-electron chi connectivity index (χ4n) is 3.19. The van der Waals surface area contributed by atoms with Crippen LogP contribution in [0.2, 0.25) is 0 Å². The summed E-state index contributed by atoms with van der Waals surface area (Å²) in [6, 6.07) is 13.9. The molecule has 0 atom stereocenters. The maximum absolute atomic E-state index is 12.6. The van der Waals surface area contributed by atoms with E-state index in [0.29, 0.717) is 42.6 Å². The smallest absolute Gasteiger partial charge is 0.253 e. The SMILES string of the molecule is Cc1ccc(C(=O)N2CCC(NC(=O)c3cccc(C(N)=O)c3)CC2)cc1. The zero-order chi connectivity index (χ0) is 19.4. The number of piperidine rings is 1. The molecule has 1 saturated heterocycles. The van der Waals surface area contributed by atoms with E-state index < -0.39 is 5.91 Å². The molecule has 0 aliphatic carbocycles. The Labute approximate surface area is 158 Å². The van der Waals surface area contributed by atoms with Crippen molar-refractivity contribution < 1.29 is 14.4 Å². The molecule has 0 radical (unpaired) electrons. The molecule has 0 unspecified atom stereocenters. The molecular formula is C21H23N3O3. The van der Waals surface area contributed by atoms with Gasteiger partial charge in [0, 0.05) is 35.8 Å². The number of nitrogens with one attached hydrogen (secondary N) is 1. The molecule has 1 heterocycles. The Morgan fingerprint density at radius 2 is 1.59 bits per heavy atom. The van der Waals surface area contributed by atoms with Crippen molar-refractivity contribution in [2.45, 2.75) is 25.8 Å². The van der Waals surface area contributed by atoms with Crippen LogP contribution < -0.4 is 11.1 Å². The number of aryl methyl sites for hydroxylation is 1. The number of carbonyl (C=O) groups excluding carboxylic acids is 3. The highest BCUT2D eigenvalue weighted by atomic mass is 16.2. The number of hydrogen-bond donors (Lipinski definition) is 2. The Morgan fingerprint density at radius 3 is 2.22 bits per heavy atom. The number of nitrogens with zero attached hydrogens (tertiary/aromatic N) is 1. The first-order valence-electron chi connectivity index (χ1n) is 9.01. The second-order valence-electron chi connectivity index (χ2n) is 6.85. The van der Waals surface area contributed by atoms with E-state index in [2.05, 4.69) is 5.32 Å². The van der Waals surface area contributed by atoms with Gasteiger partial charge in [-0.2, -0.15) is 0 Å². The fraction of sp³-hybridized carbons (Fsp3) is 0.286. The minimum absolute atomic E-state index is 0.00296. The van der Waals surface area contributed by atoms with Gasteiger partial charge in [-0.3, -0.25) is 14.4 Å². The van der Waals surface area contributed by atoms with Crippen molar-refractivity contribution in [3.63, 3.8) is 0 Å². The van der Waals surface area contributed by atoms with Gasteiger partial charge in [-0.1, -0.05) is 23.8 Å². The summed E-state index contributed by atoms with van der Waals surface area (Å²) in [5, 5.41) is 2.98. The molecule has 1 aliphatic heterocycles. The Kier molecular flexibility index (Phi) is 5.54. The first kappa shape index (κ1) is 18.6. The van der Waals surface area contributed by atoms with E-state index in [1.54, 1.807) is 18.2 Å². The number of amides is 3. The Hall–Kier alpha value is -3.15. The number of nitrogens with two attached hydrogens (primary N) is 1. The van der Waals surface area contributed by atoms with Gasteiger partial charge < -0.3 is 16.0 Å². The molecule has 3 N–H and O–H groups in total. The standard InChI is InChI=1S/C21H23N3O3/c1-14-5-7-15(8-6-14)21(27)24-11-9-18(10-12-24)23-20(26)17-4-2-3-16(13-17)19(22)25/h2-8,13,18H,9-12H2,1H3,(H2,22,25)(H,23,26). The third-order valence-electron chi connectivity index (χ3n) is 4.83. The molecule has 3 amide bonds. The first-order chi connectivity index (χ1) is 12.9. The van der Waals surface area contributed by atoms with Crippen molar-refractivity contribution in [1.29, 1.82) is 0 Å². The molecule has 140 valence electrons. The van der Waals surface area contributed by atoms with Crippen LogP contribution in [0.15, 0.2) is 48.5 Å². The Morgan fingerprint density at radius 1 is 0.963 bits per heavy atom. The number of likely N-dealkylation sites (tertiary alicyclic amines) is 1. The second-order valence-corrected chi connectivity index (χ2v) is 6.85. The lowest BCUT2D eigenvalue weighted by atomic mass is 10.0. The summed E-state index contributed by atoms with van der Waals surface area (Å²) in [6.45, 7) is 3.18. The van der Waals surface area contributed by atoms with Gasteiger partial charge in [0.25, 0.3) is 11.8 Å². The average Bonchev–Trinajstić information content (AvgIpc) is 2.68. The van der Waals surface area contributed by atoms with Gasteiger partial charge in [-0.25, -0.2) is 0 Å². The topological polar surface area (TPSA) is 92.5 Å². The largest absolute Gasteiger partial charge is 0.366 e. The number of benzene rings is 2. The quantitative estimate of drug-likeness (QED) is 0.869. The lowest BCUT2D eigenvalue weighted by Gasteiger charge is -2.32. The molecule has 2 aromatic rings. The molecule has 6 nitrogen and oxygen atoms in total. The van der Waals surface area contributed by atoms with Crippen LogP contribution in [-0.4, -0.2) is 41.8 Å². The molecule has 1 fully saturated rings. The lowest BCUT2D eigenvalue weighted by Crippen LogP contribution is -2.46. The summed E-state index contributed by atoms with van der Waals surface area (Å²) in [4.78, 5) is 38.0. The van der Waals surface area contributed by atoms with E-state index in [-0.39, 0.29) is 17.9 Å². The predicted molar refractivity (Wildman–Crippen MR) is 103 cm³/mol. The third kappa shape index (κ3) is 4.53. The number of rotatable bonds is 4. The van der Waals surface area contributed by atoms with Gasteiger partial charge in [0.1, 0.15) is 0 Å².